The van der Waals surface area contributed by atoms with E-state index >= 15 is 0 Å². The molecule has 2 amide bonds. The zero-order chi connectivity index (χ0) is 15.9. The molecule has 0 aliphatic carbocycles. The van der Waals surface area contributed by atoms with Crippen LogP contribution >= 0.6 is 0 Å². The minimum Gasteiger partial charge on any atom is -0.380 e. The number of benzene rings is 2. The van der Waals surface area contributed by atoms with Crippen LogP contribution in [0, 0.1) is 0 Å². The van der Waals surface area contributed by atoms with Crippen LogP contribution in [0.2, 0.25) is 0 Å². The van der Waals surface area contributed by atoms with Crippen molar-refractivity contribution in [2.24, 2.45) is 0 Å². The maximum atomic E-state index is 12.5. The molecular weight excluding hydrogens is 276 g/mol. The van der Waals surface area contributed by atoms with Gasteiger partial charge in [-0.1, -0.05) is 48.5 Å². The Kier molecular flexibility index (Phi) is 5.55. The highest BCUT2D eigenvalue weighted by molar-refractivity contribution is 5.90. The highest BCUT2D eigenvalue weighted by atomic mass is 16.5. The molecule has 2 aromatic rings. The number of rotatable bonds is 5. The summed E-state index contributed by atoms with van der Waals surface area (Å²) in [6, 6.07) is 17.5. The predicted molar refractivity (Wildman–Crippen MR) is 88.8 cm³/mol. The summed E-state index contributed by atoms with van der Waals surface area (Å²) < 4.78 is 5.16. The second-order valence-corrected chi connectivity index (χ2v) is 5.22. The number of anilines is 1. The summed E-state index contributed by atoms with van der Waals surface area (Å²) in [5.74, 6) is 0. The minimum atomic E-state index is -0.139. The van der Waals surface area contributed by atoms with Gasteiger partial charge in [0.25, 0.3) is 0 Å². The third-order valence-corrected chi connectivity index (χ3v) is 3.74. The molecule has 22 heavy (non-hydrogen) atoms. The van der Waals surface area contributed by atoms with E-state index in [1.165, 1.54) is 0 Å². The quantitative estimate of drug-likeness (QED) is 0.904. The minimum absolute atomic E-state index is 0.00390. The number of urea groups is 1. The van der Waals surface area contributed by atoms with Crippen molar-refractivity contribution in [1.29, 1.82) is 0 Å². The fourth-order valence-electron chi connectivity index (χ4n) is 2.26. The van der Waals surface area contributed by atoms with Gasteiger partial charge < -0.3 is 15.0 Å². The number of hydrogen-bond donors (Lipinski definition) is 1. The Morgan fingerprint density at radius 2 is 1.77 bits per heavy atom. The maximum absolute atomic E-state index is 12.5. The van der Waals surface area contributed by atoms with Crippen LogP contribution in [0.15, 0.2) is 54.6 Å². The van der Waals surface area contributed by atoms with Crippen LogP contribution < -0.4 is 5.32 Å². The monoisotopic (exact) mass is 298 g/mol. The van der Waals surface area contributed by atoms with Crippen molar-refractivity contribution in [1.82, 2.24) is 4.90 Å². The summed E-state index contributed by atoms with van der Waals surface area (Å²) in [7, 11) is 3.44. The van der Waals surface area contributed by atoms with E-state index in [1.54, 1.807) is 19.1 Å². The summed E-state index contributed by atoms with van der Waals surface area (Å²) in [6.45, 7) is 2.48. The van der Waals surface area contributed by atoms with E-state index in [-0.39, 0.29) is 12.1 Å². The molecule has 2 aromatic carbocycles. The second-order valence-electron chi connectivity index (χ2n) is 5.22. The average Bonchev–Trinajstić information content (AvgIpc) is 2.56. The van der Waals surface area contributed by atoms with E-state index in [2.05, 4.69) is 5.32 Å². The number of hydrogen-bond acceptors (Lipinski definition) is 2. The number of nitrogens with one attached hydrogen (secondary N) is 1. The zero-order valence-corrected chi connectivity index (χ0v) is 13.2. The first kappa shape index (κ1) is 16.0. The average molecular weight is 298 g/mol. The molecule has 0 saturated carbocycles. The molecule has 0 heterocycles. The van der Waals surface area contributed by atoms with Gasteiger partial charge in [-0.2, -0.15) is 0 Å². The van der Waals surface area contributed by atoms with Crippen molar-refractivity contribution in [3.05, 3.63) is 65.7 Å². The van der Waals surface area contributed by atoms with Crippen molar-refractivity contribution < 1.29 is 9.53 Å². The Morgan fingerprint density at radius 3 is 2.45 bits per heavy atom. The predicted octanol–water partition coefficient (Wildman–Crippen LogP) is 4.06. The molecule has 0 bridgehead atoms. The molecular formula is C18H22N2O2. The number of ether oxygens (including phenoxy) is 1. The van der Waals surface area contributed by atoms with Gasteiger partial charge in [0.2, 0.25) is 0 Å². The number of amides is 2. The van der Waals surface area contributed by atoms with Gasteiger partial charge in [0.1, 0.15) is 0 Å². The molecule has 0 aromatic heterocycles. The zero-order valence-electron chi connectivity index (χ0n) is 13.2. The lowest BCUT2D eigenvalue weighted by atomic mass is 10.1. The normalized spacial score (nSPS) is 11.8. The number of para-hydroxylation sites is 1. The van der Waals surface area contributed by atoms with Crippen LogP contribution in [0.5, 0.6) is 0 Å². The standard InChI is InChI=1S/C18H22N2O2/c1-14(15-9-5-4-6-10-15)20(2)18(21)19-17-12-8-7-11-16(17)13-22-3/h4-12,14H,13H2,1-3H3,(H,19,21). The second kappa shape index (κ2) is 7.61. The van der Waals surface area contributed by atoms with Crippen LogP contribution in [-0.2, 0) is 11.3 Å². The smallest absolute Gasteiger partial charge is 0.322 e. The Morgan fingerprint density at radius 1 is 1.14 bits per heavy atom. The van der Waals surface area contributed by atoms with Crippen molar-refractivity contribution in [3.8, 4) is 0 Å². The Labute approximate surface area is 131 Å². The number of nitrogens with zero attached hydrogens (tertiary/aromatic N) is 1. The summed E-state index contributed by atoms with van der Waals surface area (Å²) in [4.78, 5) is 14.2. The van der Waals surface area contributed by atoms with E-state index < -0.39 is 0 Å². The van der Waals surface area contributed by atoms with Gasteiger partial charge in [0.05, 0.1) is 12.6 Å². The molecule has 1 atom stereocenters. The van der Waals surface area contributed by atoms with Crippen molar-refractivity contribution in [2.75, 3.05) is 19.5 Å². The highest BCUT2D eigenvalue weighted by Crippen LogP contribution is 2.21. The van der Waals surface area contributed by atoms with Gasteiger partial charge in [-0.3, -0.25) is 0 Å². The van der Waals surface area contributed by atoms with E-state index in [9.17, 15) is 4.79 Å². The van der Waals surface area contributed by atoms with Crippen LogP contribution in [0.3, 0.4) is 0 Å². The Bertz CT molecular complexity index is 613. The molecule has 0 saturated heterocycles. The fraction of sp³-hybridized carbons (Fsp3) is 0.278. The van der Waals surface area contributed by atoms with Crippen molar-refractivity contribution >= 4 is 11.7 Å². The van der Waals surface area contributed by atoms with Crippen molar-refractivity contribution in [3.63, 3.8) is 0 Å². The number of methoxy groups -OCH3 is 1. The van der Waals surface area contributed by atoms with E-state index in [4.69, 9.17) is 4.74 Å². The van der Waals surface area contributed by atoms with Gasteiger partial charge >= 0.3 is 6.03 Å². The summed E-state index contributed by atoms with van der Waals surface area (Å²) in [5.41, 5.74) is 2.84. The van der Waals surface area contributed by atoms with Gasteiger partial charge in [0, 0.05) is 25.4 Å². The van der Waals surface area contributed by atoms with Gasteiger partial charge in [-0.15, -0.1) is 0 Å². The van der Waals surface area contributed by atoms with Gasteiger partial charge in [0.15, 0.2) is 0 Å². The summed E-state index contributed by atoms with van der Waals surface area (Å²) >= 11 is 0. The molecule has 0 spiro atoms. The Hall–Kier alpha value is -2.33. The first-order valence-corrected chi connectivity index (χ1v) is 7.29. The first-order chi connectivity index (χ1) is 10.6. The maximum Gasteiger partial charge on any atom is 0.322 e. The molecule has 2 rings (SSSR count). The van der Waals surface area contributed by atoms with Crippen LogP contribution in [-0.4, -0.2) is 25.1 Å². The third kappa shape index (κ3) is 3.86. The third-order valence-electron chi connectivity index (χ3n) is 3.74. The lowest BCUT2D eigenvalue weighted by Crippen LogP contribution is -2.33. The van der Waals surface area contributed by atoms with Gasteiger partial charge in [-0.05, 0) is 18.6 Å². The molecule has 0 aliphatic heterocycles. The number of carbonyl (C=O) groups excluding carboxylic acids is 1. The van der Waals surface area contributed by atoms with E-state index in [1.807, 2.05) is 61.5 Å². The highest BCUT2D eigenvalue weighted by Gasteiger charge is 2.18. The molecule has 1 N–H and O–H groups in total. The van der Waals surface area contributed by atoms with Crippen LogP contribution in [0.4, 0.5) is 10.5 Å². The molecule has 4 heteroatoms. The van der Waals surface area contributed by atoms with Crippen molar-refractivity contribution in [2.45, 2.75) is 19.6 Å². The Balaban J connectivity index is 2.09. The van der Waals surface area contributed by atoms with E-state index in [0.29, 0.717) is 6.61 Å². The van der Waals surface area contributed by atoms with Gasteiger partial charge in [-0.25, -0.2) is 4.79 Å². The molecule has 0 radical (unpaired) electrons. The SMILES string of the molecule is COCc1ccccc1NC(=O)N(C)C(C)c1ccccc1. The summed E-state index contributed by atoms with van der Waals surface area (Å²) in [5, 5.41) is 2.95. The topological polar surface area (TPSA) is 41.6 Å². The van der Waals surface area contributed by atoms with Crippen LogP contribution in [0.25, 0.3) is 0 Å². The first-order valence-electron chi connectivity index (χ1n) is 7.29. The lowest BCUT2D eigenvalue weighted by molar-refractivity contribution is 0.185. The molecule has 4 nitrogen and oxygen atoms in total. The molecule has 116 valence electrons. The van der Waals surface area contributed by atoms with Crippen LogP contribution in [0.1, 0.15) is 24.1 Å². The molecule has 0 aliphatic rings. The molecule has 0 fully saturated rings. The molecule has 1 unspecified atom stereocenters. The lowest BCUT2D eigenvalue weighted by Gasteiger charge is -2.26. The fourth-order valence-corrected chi connectivity index (χ4v) is 2.26. The number of carbonyl (C=O) groups is 1. The summed E-state index contributed by atoms with van der Waals surface area (Å²) in [6.07, 6.45) is 0. The largest absolute Gasteiger partial charge is 0.380 e. The van der Waals surface area contributed by atoms with E-state index in [0.717, 1.165) is 16.8 Å².